The van der Waals surface area contributed by atoms with Crippen molar-refractivity contribution in [1.29, 1.82) is 0 Å². The zero-order valence-corrected chi connectivity index (χ0v) is 16.0. The number of thiazole rings is 1. The van der Waals surface area contributed by atoms with E-state index >= 15 is 0 Å². The van der Waals surface area contributed by atoms with Gasteiger partial charge in [0.1, 0.15) is 5.01 Å². The number of rotatable bonds is 5. The van der Waals surface area contributed by atoms with Crippen molar-refractivity contribution in [2.45, 2.75) is 33.4 Å². The number of amides is 1. The Morgan fingerprint density at radius 2 is 2.11 bits per heavy atom. The molecule has 0 radical (unpaired) electrons. The highest BCUT2D eigenvalue weighted by Gasteiger charge is 2.19. The van der Waals surface area contributed by atoms with Gasteiger partial charge in [0.05, 0.1) is 30.9 Å². The molecule has 4 heterocycles. The van der Waals surface area contributed by atoms with Crippen LogP contribution in [0.4, 0.5) is 0 Å². The molecule has 0 aromatic carbocycles. The van der Waals surface area contributed by atoms with Gasteiger partial charge >= 0.3 is 0 Å². The van der Waals surface area contributed by atoms with Gasteiger partial charge in [-0.2, -0.15) is 0 Å². The Labute approximate surface area is 161 Å². The molecule has 0 bridgehead atoms. The van der Waals surface area contributed by atoms with Gasteiger partial charge in [-0.25, -0.2) is 4.98 Å². The van der Waals surface area contributed by atoms with Crippen LogP contribution in [0.15, 0.2) is 41.0 Å². The fourth-order valence-corrected chi connectivity index (χ4v) is 3.77. The van der Waals surface area contributed by atoms with Crippen molar-refractivity contribution in [2.75, 3.05) is 0 Å². The minimum absolute atomic E-state index is 0.0563. The second-order valence-corrected chi connectivity index (χ2v) is 7.46. The number of aromatic nitrogens is 3. The molecule has 0 saturated carbocycles. The van der Waals surface area contributed by atoms with Gasteiger partial charge in [0.25, 0.3) is 0 Å². The maximum absolute atomic E-state index is 12.2. The smallest absolute Gasteiger partial charge is 0.226 e. The summed E-state index contributed by atoms with van der Waals surface area (Å²) >= 11 is 1.55. The van der Waals surface area contributed by atoms with Crippen LogP contribution in [0, 0.1) is 13.8 Å². The zero-order chi connectivity index (χ0) is 18.8. The summed E-state index contributed by atoms with van der Waals surface area (Å²) in [6, 6.07) is 5.96. The first-order valence-electron chi connectivity index (χ1n) is 8.72. The first-order chi connectivity index (χ1) is 13.1. The van der Waals surface area contributed by atoms with Gasteiger partial charge in [-0.3, -0.25) is 19.8 Å². The van der Waals surface area contributed by atoms with Crippen molar-refractivity contribution < 1.29 is 4.79 Å². The molecule has 1 amide bonds. The highest BCUT2D eigenvalue weighted by atomic mass is 32.1. The van der Waals surface area contributed by atoms with Crippen molar-refractivity contribution in [3.8, 4) is 0 Å². The van der Waals surface area contributed by atoms with Crippen LogP contribution in [0.1, 0.15) is 38.8 Å². The third-order valence-electron chi connectivity index (χ3n) is 4.32. The summed E-state index contributed by atoms with van der Waals surface area (Å²) in [5.74, 6) is -0.0563. The van der Waals surface area contributed by atoms with E-state index in [1.807, 2.05) is 43.6 Å². The first-order valence-corrected chi connectivity index (χ1v) is 9.60. The van der Waals surface area contributed by atoms with Crippen LogP contribution in [0.2, 0.25) is 0 Å². The number of aliphatic imine (C=N–C) groups is 1. The fraction of sp³-hybridized carbons (Fsp3) is 0.250. The van der Waals surface area contributed by atoms with E-state index in [0.717, 1.165) is 44.5 Å². The Morgan fingerprint density at radius 3 is 2.89 bits per heavy atom. The molecule has 136 valence electrons. The quantitative estimate of drug-likeness (QED) is 0.741. The number of nitrogens with one attached hydrogen (secondary N) is 1. The average molecular weight is 377 g/mol. The molecule has 1 aliphatic heterocycles. The van der Waals surface area contributed by atoms with Gasteiger partial charge in [-0.15, -0.1) is 11.3 Å². The molecule has 0 spiro atoms. The number of aryl methyl sites for hydroxylation is 2. The lowest BCUT2D eigenvalue weighted by atomic mass is 10.0. The third-order valence-corrected chi connectivity index (χ3v) is 5.29. The predicted molar refractivity (Wildman–Crippen MR) is 105 cm³/mol. The standard InChI is InChI=1S/C20H19N5OS/c1-12-5-14(3-4-21-12)20-17-9-22-16(6-15(17)8-24-20)7-18(26)23-10-19-25-13(2)11-27-19/h3-6,9,11H,7-8,10H2,1-2H3,(H,23,26). The molecule has 3 aromatic rings. The molecule has 0 fully saturated rings. The normalized spacial score (nSPS) is 12.6. The van der Waals surface area contributed by atoms with Crippen molar-refractivity contribution in [2.24, 2.45) is 4.99 Å². The molecular formula is C20H19N5OS. The highest BCUT2D eigenvalue weighted by molar-refractivity contribution is 7.09. The zero-order valence-electron chi connectivity index (χ0n) is 15.2. The van der Waals surface area contributed by atoms with E-state index in [1.54, 1.807) is 17.5 Å². The molecule has 0 atom stereocenters. The van der Waals surface area contributed by atoms with Crippen molar-refractivity contribution >= 4 is 23.0 Å². The molecule has 0 saturated heterocycles. The molecule has 3 aromatic heterocycles. The van der Waals surface area contributed by atoms with Crippen LogP contribution < -0.4 is 5.32 Å². The summed E-state index contributed by atoms with van der Waals surface area (Å²) in [5.41, 5.74) is 6.82. The van der Waals surface area contributed by atoms with E-state index in [2.05, 4.69) is 25.3 Å². The van der Waals surface area contributed by atoms with Crippen LogP contribution in [0.5, 0.6) is 0 Å². The molecule has 0 unspecified atom stereocenters. The number of carbonyl (C=O) groups excluding carboxylic acids is 1. The van der Waals surface area contributed by atoms with Gasteiger partial charge in [0.15, 0.2) is 0 Å². The van der Waals surface area contributed by atoms with Gasteiger partial charge in [0.2, 0.25) is 5.91 Å². The van der Waals surface area contributed by atoms with Gasteiger partial charge in [0, 0.05) is 40.3 Å². The Kier molecular flexibility index (Phi) is 4.77. The molecule has 7 heteroatoms. The summed E-state index contributed by atoms with van der Waals surface area (Å²) in [6.07, 6.45) is 3.87. The number of carbonyl (C=O) groups is 1. The summed E-state index contributed by atoms with van der Waals surface area (Å²) in [7, 11) is 0. The summed E-state index contributed by atoms with van der Waals surface area (Å²) < 4.78 is 0. The SMILES string of the molecule is Cc1cc(C2=NCc3cc(CC(=O)NCc4nc(C)cs4)ncc32)ccn1. The summed E-state index contributed by atoms with van der Waals surface area (Å²) in [4.78, 5) is 29.9. The van der Waals surface area contributed by atoms with E-state index in [0.29, 0.717) is 13.1 Å². The number of pyridine rings is 2. The van der Waals surface area contributed by atoms with Crippen LogP contribution in [0.3, 0.4) is 0 Å². The molecule has 0 aliphatic carbocycles. The number of hydrogen-bond donors (Lipinski definition) is 1. The molecule has 4 rings (SSSR count). The third kappa shape index (κ3) is 3.93. The second kappa shape index (κ2) is 7.36. The van der Waals surface area contributed by atoms with Crippen LogP contribution in [-0.4, -0.2) is 26.6 Å². The van der Waals surface area contributed by atoms with E-state index < -0.39 is 0 Å². The largest absolute Gasteiger partial charge is 0.349 e. The van der Waals surface area contributed by atoms with Crippen molar-refractivity contribution in [1.82, 2.24) is 20.3 Å². The predicted octanol–water partition coefficient (Wildman–Crippen LogP) is 2.76. The van der Waals surface area contributed by atoms with Crippen LogP contribution in [0.25, 0.3) is 0 Å². The molecule has 6 nitrogen and oxygen atoms in total. The van der Waals surface area contributed by atoms with E-state index in [9.17, 15) is 4.79 Å². The lowest BCUT2D eigenvalue weighted by Gasteiger charge is -2.07. The first kappa shape index (κ1) is 17.5. The Balaban J connectivity index is 1.43. The number of fused-ring (bicyclic) bond motifs is 1. The highest BCUT2D eigenvalue weighted by Crippen LogP contribution is 2.23. The minimum atomic E-state index is -0.0563. The molecular weight excluding hydrogens is 358 g/mol. The lowest BCUT2D eigenvalue weighted by molar-refractivity contribution is -0.120. The maximum atomic E-state index is 12.2. The number of hydrogen-bond acceptors (Lipinski definition) is 6. The van der Waals surface area contributed by atoms with Gasteiger partial charge in [-0.05, 0) is 37.6 Å². The average Bonchev–Trinajstić information content (AvgIpc) is 3.25. The fourth-order valence-electron chi connectivity index (χ4n) is 3.06. The Bertz CT molecular complexity index is 1040. The topological polar surface area (TPSA) is 80.1 Å². The van der Waals surface area contributed by atoms with Gasteiger partial charge in [-0.1, -0.05) is 0 Å². The van der Waals surface area contributed by atoms with E-state index in [-0.39, 0.29) is 12.3 Å². The van der Waals surface area contributed by atoms with E-state index in [1.165, 1.54) is 0 Å². The van der Waals surface area contributed by atoms with Crippen molar-refractivity contribution in [3.05, 3.63) is 74.8 Å². The Morgan fingerprint density at radius 1 is 1.22 bits per heavy atom. The van der Waals surface area contributed by atoms with E-state index in [4.69, 9.17) is 0 Å². The van der Waals surface area contributed by atoms with Gasteiger partial charge < -0.3 is 5.32 Å². The van der Waals surface area contributed by atoms with Crippen LogP contribution in [-0.2, 0) is 24.3 Å². The maximum Gasteiger partial charge on any atom is 0.226 e. The molecule has 1 N–H and O–H groups in total. The summed E-state index contributed by atoms with van der Waals surface area (Å²) in [5, 5.41) is 5.79. The number of nitrogens with zero attached hydrogens (tertiary/aromatic N) is 4. The lowest BCUT2D eigenvalue weighted by Crippen LogP contribution is -2.25. The Hall–Kier alpha value is -2.93. The summed E-state index contributed by atoms with van der Waals surface area (Å²) in [6.45, 7) is 4.98. The molecule has 1 aliphatic rings. The minimum Gasteiger partial charge on any atom is -0.349 e. The molecule has 27 heavy (non-hydrogen) atoms. The van der Waals surface area contributed by atoms with Crippen molar-refractivity contribution in [3.63, 3.8) is 0 Å². The second-order valence-electron chi connectivity index (χ2n) is 6.52. The van der Waals surface area contributed by atoms with Crippen LogP contribution >= 0.6 is 11.3 Å². The monoisotopic (exact) mass is 377 g/mol.